The van der Waals surface area contributed by atoms with Crippen LogP contribution in [0.25, 0.3) is 6.08 Å². The van der Waals surface area contributed by atoms with Gasteiger partial charge in [-0.1, -0.05) is 36.4 Å². The maximum atomic E-state index is 11.9. The van der Waals surface area contributed by atoms with Crippen molar-refractivity contribution in [3.8, 4) is 11.5 Å². The fraction of sp³-hybridized carbons (Fsp3) is 0.0625. The van der Waals surface area contributed by atoms with Gasteiger partial charge >= 0.3 is 0 Å². The van der Waals surface area contributed by atoms with Crippen molar-refractivity contribution in [1.82, 2.24) is 0 Å². The molecule has 0 spiro atoms. The summed E-state index contributed by atoms with van der Waals surface area (Å²) in [5.41, 5.74) is 1.34. The smallest absolute Gasteiger partial charge is 0.185 e. The molecule has 3 nitrogen and oxygen atoms in total. The summed E-state index contributed by atoms with van der Waals surface area (Å²) >= 11 is 0. The first-order valence-corrected chi connectivity index (χ1v) is 5.84. The highest BCUT2D eigenvalue weighted by Gasteiger charge is 2.01. The Labute approximate surface area is 111 Å². The van der Waals surface area contributed by atoms with Crippen molar-refractivity contribution in [1.29, 1.82) is 0 Å². The van der Waals surface area contributed by atoms with Gasteiger partial charge < -0.3 is 9.84 Å². The molecule has 0 aliphatic rings. The third-order valence-corrected chi connectivity index (χ3v) is 2.63. The molecule has 19 heavy (non-hydrogen) atoms. The summed E-state index contributed by atoms with van der Waals surface area (Å²) in [6, 6.07) is 13.8. The van der Waals surface area contributed by atoms with Gasteiger partial charge in [-0.15, -0.1) is 0 Å². The van der Waals surface area contributed by atoms with Gasteiger partial charge in [-0.05, 0) is 23.8 Å². The summed E-state index contributed by atoms with van der Waals surface area (Å²) in [5.74, 6) is 0.570. The SMILES string of the molecule is COc1cc(O)cc(/C=C/C(=O)c2ccccc2)c1. The normalized spacial score (nSPS) is 10.6. The number of rotatable bonds is 4. The van der Waals surface area contributed by atoms with Crippen LogP contribution in [0, 0.1) is 0 Å². The Morgan fingerprint density at radius 2 is 1.89 bits per heavy atom. The van der Waals surface area contributed by atoms with Crippen molar-refractivity contribution >= 4 is 11.9 Å². The number of methoxy groups -OCH3 is 1. The van der Waals surface area contributed by atoms with Crippen LogP contribution in [0.4, 0.5) is 0 Å². The molecular weight excluding hydrogens is 240 g/mol. The minimum Gasteiger partial charge on any atom is -0.508 e. The number of ether oxygens (including phenoxy) is 1. The van der Waals surface area contributed by atoms with Crippen LogP contribution in [0.1, 0.15) is 15.9 Å². The number of benzene rings is 2. The molecule has 0 amide bonds. The molecule has 1 N–H and O–H groups in total. The lowest BCUT2D eigenvalue weighted by Crippen LogP contribution is -1.92. The first kappa shape index (κ1) is 12.9. The van der Waals surface area contributed by atoms with Crippen molar-refractivity contribution < 1.29 is 14.6 Å². The second kappa shape index (κ2) is 5.87. The van der Waals surface area contributed by atoms with E-state index in [0.717, 1.165) is 0 Å². The van der Waals surface area contributed by atoms with E-state index in [4.69, 9.17) is 4.74 Å². The lowest BCUT2D eigenvalue weighted by molar-refractivity contribution is 0.104. The van der Waals surface area contributed by atoms with Crippen LogP contribution >= 0.6 is 0 Å². The molecule has 2 aromatic carbocycles. The molecule has 96 valence electrons. The van der Waals surface area contributed by atoms with E-state index in [9.17, 15) is 9.90 Å². The zero-order valence-electron chi connectivity index (χ0n) is 10.5. The van der Waals surface area contributed by atoms with Crippen LogP contribution in [-0.2, 0) is 0 Å². The van der Waals surface area contributed by atoms with Gasteiger partial charge in [0, 0.05) is 11.6 Å². The first-order chi connectivity index (χ1) is 9.19. The monoisotopic (exact) mass is 254 g/mol. The predicted octanol–water partition coefficient (Wildman–Crippen LogP) is 3.30. The third kappa shape index (κ3) is 3.45. The van der Waals surface area contributed by atoms with Gasteiger partial charge in [0.25, 0.3) is 0 Å². The molecular formula is C16H14O3. The maximum absolute atomic E-state index is 11.9. The van der Waals surface area contributed by atoms with E-state index in [2.05, 4.69) is 0 Å². The van der Waals surface area contributed by atoms with Gasteiger partial charge in [0.2, 0.25) is 0 Å². The van der Waals surface area contributed by atoms with Crippen molar-refractivity contribution in [3.05, 3.63) is 65.7 Å². The molecule has 0 fully saturated rings. The van der Waals surface area contributed by atoms with Gasteiger partial charge in [-0.3, -0.25) is 4.79 Å². The van der Waals surface area contributed by atoms with Gasteiger partial charge in [-0.25, -0.2) is 0 Å². The Hall–Kier alpha value is -2.55. The average Bonchev–Trinajstić information content (AvgIpc) is 2.45. The minimum absolute atomic E-state index is 0.0806. The van der Waals surface area contributed by atoms with Crippen LogP contribution in [0.2, 0.25) is 0 Å². The van der Waals surface area contributed by atoms with Gasteiger partial charge in [-0.2, -0.15) is 0 Å². The molecule has 0 radical (unpaired) electrons. The molecule has 0 atom stereocenters. The quantitative estimate of drug-likeness (QED) is 0.672. The Kier molecular flexibility index (Phi) is 3.98. The van der Waals surface area contributed by atoms with E-state index in [1.807, 2.05) is 18.2 Å². The Morgan fingerprint density at radius 3 is 2.58 bits per heavy atom. The average molecular weight is 254 g/mol. The lowest BCUT2D eigenvalue weighted by atomic mass is 10.1. The Bertz CT molecular complexity index is 601. The number of allylic oxidation sites excluding steroid dienone is 1. The Morgan fingerprint density at radius 1 is 1.16 bits per heavy atom. The summed E-state index contributed by atoms with van der Waals surface area (Å²) in [6.07, 6.45) is 3.13. The number of ketones is 1. The summed E-state index contributed by atoms with van der Waals surface area (Å²) < 4.78 is 5.05. The number of phenolic OH excluding ortho intramolecular Hbond substituents is 1. The number of aromatic hydroxyl groups is 1. The number of carbonyl (C=O) groups is 1. The van der Waals surface area contributed by atoms with E-state index in [1.54, 1.807) is 30.3 Å². The number of hydrogen-bond acceptors (Lipinski definition) is 3. The standard InChI is InChI=1S/C16H14O3/c1-19-15-10-12(9-14(17)11-15)7-8-16(18)13-5-3-2-4-6-13/h2-11,17H,1H3/b8-7+. The van der Waals surface area contributed by atoms with Crippen LogP contribution in [-0.4, -0.2) is 18.0 Å². The molecule has 0 bridgehead atoms. The molecule has 2 aromatic rings. The molecule has 0 aliphatic carbocycles. The minimum atomic E-state index is -0.0806. The van der Waals surface area contributed by atoms with Crippen LogP contribution < -0.4 is 4.74 Å². The van der Waals surface area contributed by atoms with E-state index < -0.39 is 0 Å². The number of carbonyl (C=O) groups excluding carboxylic acids is 1. The van der Waals surface area contributed by atoms with Crippen molar-refractivity contribution in [2.75, 3.05) is 7.11 Å². The molecule has 0 heterocycles. The molecule has 0 unspecified atom stereocenters. The van der Waals surface area contributed by atoms with Gasteiger partial charge in [0.05, 0.1) is 7.11 Å². The van der Waals surface area contributed by atoms with Crippen LogP contribution in [0.3, 0.4) is 0 Å². The third-order valence-electron chi connectivity index (χ3n) is 2.63. The fourth-order valence-electron chi connectivity index (χ4n) is 1.69. The molecule has 0 aromatic heterocycles. The summed E-state index contributed by atoms with van der Waals surface area (Å²) in [5, 5.41) is 9.51. The first-order valence-electron chi connectivity index (χ1n) is 5.84. The van der Waals surface area contributed by atoms with E-state index >= 15 is 0 Å². The van der Waals surface area contributed by atoms with Gasteiger partial charge in [0.1, 0.15) is 11.5 Å². The second-order valence-corrected chi connectivity index (χ2v) is 4.03. The van der Waals surface area contributed by atoms with Crippen LogP contribution in [0.15, 0.2) is 54.6 Å². The molecule has 3 heteroatoms. The van der Waals surface area contributed by atoms with E-state index in [-0.39, 0.29) is 11.5 Å². The molecule has 0 aliphatic heterocycles. The molecule has 0 saturated carbocycles. The zero-order valence-corrected chi connectivity index (χ0v) is 10.5. The highest BCUT2D eigenvalue weighted by molar-refractivity contribution is 6.06. The molecule has 0 saturated heterocycles. The number of phenols is 1. The van der Waals surface area contributed by atoms with Gasteiger partial charge in [0.15, 0.2) is 5.78 Å². The highest BCUT2D eigenvalue weighted by atomic mass is 16.5. The number of hydrogen-bond donors (Lipinski definition) is 1. The predicted molar refractivity (Wildman–Crippen MR) is 74.5 cm³/mol. The summed E-state index contributed by atoms with van der Waals surface area (Å²) in [6.45, 7) is 0. The Balaban J connectivity index is 2.19. The van der Waals surface area contributed by atoms with Crippen molar-refractivity contribution in [2.45, 2.75) is 0 Å². The van der Waals surface area contributed by atoms with Crippen molar-refractivity contribution in [2.24, 2.45) is 0 Å². The lowest BCUT2D eigenvalue weighted by Gasteiger charge is -2.02. The maximum Gasteiger partial charge on any atom is 0.185 e. The fourth-order valence-corrected chi connectivity index (χ4v) is 1.69. The topological polar surface area (TPSA) is 46.5 Å². The van der Waals surface area contributed by atoms with E-state index in [1.165, 1.54) is 19.3 Å². The second-order valence-electron chi connectivity index (χ2n) is 4.03. The summed E-state index contributed by atoms with van der Waals surface area (Å²) in [7, 11) is 1.53. The highest BCUT2D eigenvalue weighted by Crippen LogP contribution is 2.22. The zero-order chi connectivity index (χ0) is 13.7. The summed E-state index contributed by atoms with van der Waals surface area (Å²) in [4.78, 5) is 11.9. The largest absolute Gasteiger partial charge is 0.508 e. The van der Waals surface area contributed by atoms with Crippen molar-refractivity contribution in [3.63, 3.8) is 0 Å². The molecule has 2 rings (SSSR count). The van der Waals surface area contributed by atoms with E-state index in [0.29, 0.717) is 16.9 Å². The van der Waals surface area contributed by atoms with Crippen LogP contribution in [0.5, 0.6) is 11.5 Å².